The molecule has 0 aliphatic heterocycles. The smallest absolute Gasteiger partial charge is 0.360 e. The topological polar surface area (TPSA) is 69.9 Å². The molecule has 2 aromatic heterocycles. The van der Waals surface area contributed by atoms with Gasteiger partial charge in [0.05, 0.1) is 12.8 Å². The van der Waals surface area contributed by atoms with Gasteiger partial charge in [-0.3, -0.25) is 4.98 Å². The Morgan fingerprint density at radius 2 is 2.05 bits per heavy atom. The Labute approximate surface area is 117 Å². The van der Waals surface area contributed by atoms with Crippen molar-refractivity contribution >= 4 is 5.97 Å². The summed E-state index contributed by atoms with van der Waals surface area (Å²) in [5.41, 5.74) is 2.34. The Bertz CT molecular complexity index is 566. The highest BCUT2D eigenvalue weighted by Gasteiger charge is 2.19. The van der Waals surface area contributed by atoms with E-state index in [1.807, 2.05) is 12.1 Å². The van der Waals surface area contributed by atoms with Crippen LogP contribution in [0.1, 0.15) is 35.1 Å². The van der Waals surface area contributed by atoms with E-state index in [0.29, 0.717) is 12.2 Å². The average molecular weight is 274 g/mol. The second kappa shape index (κ2) is 6.79. The van der Waals surface area contributed by atoms with Crippen LogP contribution in [0.3, 0.4) is 0 Å². The molecule has 0 bridgehead atoms. The van der Waals surface area contributed by atoms with E-state index in [1.165, 1.54) is 12.7 Å². The van der Waals surface area contributed by atoms with Gasteiger partial charge in [-0.2, -0.15) is 0 Å². The summed E-state index contributed by atoms with van der Waals surface area (Å²) in [6, 6.07) is 3.94. The highest BCUT2D eigenvalue weighted by atomic mass is 16.5. The van der Waals surface area contributed by atoms with Crippen molar-refractivity contribution in [3.8, 4) is 0 Å². The lowest BCUT2D eigenvalue weighted by atomic mass is 10.2. The van der Waals surface area contributed by atoms with Gasteiger partial charge in [0.1, 0.15) is 0 Å². The monoisotopic (exact) mass is 274 g/mol. The van der Waals surface area contributed by atoms with Gasteiger partial charge in [0, 0.05) is 18.9 Å². The Kier molecular flexibility index (Phi) is 4.81. The van der Waals surface area contributed by atoms with E-state index in [9.17, 15) is 4.79 Å². The number of carbonyl (C=O) groups excluding carboxylic acids is 1. The van der Waals surface area contributed by atoms with Crippen LogP contribution in [-0.2, 0) is 24.1 Å². The van der Waals surface area contributed by atoms with Gasteiger partial charge in [0.15, 0.2) is 5.69 Å². The van der Waals surface area contributed by atoms with Crippen LogP contribution in [0.4, 0.5) is 0 Å². The van der Waals surface area contributed by atoms with E-state index >= 15 is 0 Å². The van der Waals surface area contributed by atoms with Crippen LogP contribution in [0.2, 0.25) is 0 Å². The van der Waals surface area contributed by atoms with Gasteiger partial charge in [-0.25, -0.2) is 9.48 Å². The molecule has 2 heterocycles. The molecule has 2 aromatic rings. The fourth-order valence-corrected chi connectivity index (χ4v) is 2.04. The lowest BCUT2D eigenvalue weighted by Gasteiger charge is -2.06. The summed E-state index contributed by atoms with van der Waals surface area (Å²) in [4.78, 5) is 15.6. The second-order valence-corrected chi connectivity index (χ2v) is 4.45. The Morgan fingerprint density at radius 3 is 2.70 bits per heavy atom. The number of methoxy groups -OCH3 is 1. The minimum atomic E-state index is -0.427. The third-order valence-electron chi connectivity index (χ3n) is 3.06. The molecule has 0 fully saturated rings. The highest BCUT2D eigenvalue weighted by molar-refractivity contribution is 5.88. The summed E-state index contributed by atoms with van der Waals surface area (Å²) in [5.74, 6) is -0.427. The summed E-state index contributed by atoms with van der Waals surface area (Å²) in [6.07, 6.45) is 6.04. The normalized spacial score (nSPS) is 10.5. The number of hydrogen-bond donors (Lipinski definition) is 0. The molecular weight excluding hydrogens is 256 g/mol. The predicted molar refractivity (Wildman–Crippen MR) is 73.3 cm³/mol. The molecule has 0 spiro atoms. The zero-order valence-electron chi connectivity index (χ0n) is 11.7. The predicted octanol–water partition coefficient (Wildman–Crippen LogP) is 1.65. The summed E-state index contributed by atoms with van der Waals surface area (Å²) in [7, 11) is 1.36. The van der Waals surface area contributed by atoms with Crippen LogP contribution in [0.15, 0.2) is 24.5 Å². The third-order valence-corrected chi connectivity index (χ3v) is 3.06. The number of nitrogens with zero attached hydrogens (tertiary/aromatic N) is 4. The number of carbonyl (C=O) groups is 1. The van der Waals surface area contributed by atoms with Gasteiger partial charge in [-0.1, -0.05) is 18.6 Å². The first-order chi connectivity index (χ1) is 9.76. The first kappa shape index (κ1) is 14.2. The summed E-state index contributed by atoms with van der Waals surface area (Å²) < 4.78 is 6.52. The summed E-state index contributed by atoms with van der Waals surface area (Å²) in [5, 5.41) is 8.01. The SMILES string of the molecule is CCCc1c(C(=O)OC)nnn1CCc1ccncc1. The van der Waals surface area contributed by atoms with Crippen molar-refractivity contribution in [2.75, 3.05) is 7.11 Å². The molecule has 0 saturated heterocycles. The third kappa shape index (κ3) is 3.20. The van der Waals surface area contributed by atoms with Crippen molar-refractivity contribution in [2.24, 2.45) is 0 Å². The maximum absolute atomic E-state index is 11.7. The Hall–Kier alpha value is -2.24. The summed E-state index contributed by atoms with van der Waals surface area (Å²) >= 11 is 0. The highest BCUT2D eigenvalue weighted by Crippen LogP contribution is 2.11. The number of rotatable bonds is 6. The van der Waals surface area contributed by atoms with Crippen LogP contribution in [-0.4, -0.2) is 33.1 Å². The van der Waals surface area contributed by atoms with Gasteiger partial charge in [-0.05, 0) is 30.5 Å². The molecule has 0 radical (unpaired) electrons. The van der Waals surface area contributed by atoms with Gasteiger partial charge in [0.2, 0.25) is 0 Å². The largest absolute Gasteiger partial charge is 0.464 e. The zero-order valence-corrected chi connectivity index (χ0v) is 11.7. The fraction of sp³-hybridized carbons (Fsp3) is 0.429. The van der Waals surface area contributed by atoms with Crippen LogP contribution < -0.4 is 0 Å². The number of aromatic nitrogens is 4. The number of pyridine rings is 1. The minimum Gasteiger partial charge on any atom is -0.464 e. The standard InChI is InChI=1S/C14H18N4O2/c1-3-4-12-13(14(19)20-2)16-17-18(12)10-7-11-5-8-15-9-6-11/h5-6,8-9H,3-4,7,10H2,1-2H3. The van der Waals surface area contributed by atoms with E-state index in [0.717, 1.165) is 25.0 Å². The van der Waals surface area contributed by atoms with E-state index in [2.05, 4.69) is 22.2 Å². The van der Waals surface area contributed by atoms with Gasteiger partial charge >= 0.3 is 5.97 Å². The van der Waals surface area contributed by atoms with E-state index < -0.39 is 5.97 Å². The van der Waals surface area contributed by atoms with Crippen molar-refractivity contribution in [3.63, 3.8) is 0 Å². The Morgan fingerprint density at radius 1 is 1.30 bits per heavy atom. The van der Waals surface area contributed by atoms with Crippen molar-refractivity contribution < 1.29 is 9.53 Å². The Balaban J connectivity index is 2.15. The van der Waals surface area contributed by atoms with E-state index in [4.69, 9.17) is 4.74 Å². The summed E-state index contributed by atoms with van der Waals surface area (Å²) in [6.45, 7) is 2.74. The molecule has 2 rings (SSSR count). The van der Waals surface area contributed by atoms with E-state index in [1.54, 1.807) is 17.1 Å². The molecule has 0 unspecified atom stereocenters. The molecule has 0 aliphatic carbocycles. The van der Waals surface area contributed by atoms with Gasteiger partial charge in [0.25, 0.3) is 0 Å². The van der Waals surface area contributed by atoms with Crippen LogP contribution in [0, 0.1) is 0 Å². The molecule has 0 saturated carbocycles. The van der Waals surface area contributed by atoms with Crippen LogP contribution in [0.5, 0.6) is 0 Å². The van der Waals surface area contributed by atoms with Gasteiger partial charge in [-0.15, -0.1) is 5.10 Å². The second-order valence-electron chi connectivity index (χ2n) is 4.45. The minimum absolute atomic E-state index is 0.323. The molecular formula is C14H18N4O2. The first-order valence-electron chi connectivity index (χ1n) is 6.65. The number of hydrogen-bond acceptors (Lipinski definition) is 5. The molecule has 106 valence electrons. The lowest BCUT2D eigenvalue weighted by Crippen LogP contribution is -2.11. The average Bonchev–Trinajstić information content (AvgIpc) is 2.89. The van der Waals surface area contributed by atoms with Crippen LogP contribution in [0.25, 0.3) is 0 Å². The van der Waals surface area contributed by atoms with Crippen molar-refractivity contribution in [1.29, 1.82) is 0 Å². The molecule has 6 nitrogen and oxygen atoms in total. The molecule has 0 aliphatic rings. The number of ether oxygens (including phenoxy) is 1. The molecule has 0 aromatic carbocycles. The van der Waals surface area contributed by atoms with Crippen molar-refractivity contribution in [2.45, 2.75) is 32.7 Å². The number of aryl methyl sites for hydroxylation is 2. The molecule has 6 heteroatoms. The van der Waals surface area contributed by atoms with E-state index in [-0.39, 0.29) is 0 Å². The fourth-order valence-electron chi connectivity index (χ4n) is 2.04. The maximum Gasteiger partial charge on any atom is 0.360 e. The quantitative estimate of drug-likeness (QED) is 0.749. The molecule has 20 heavy (non-hydrogen) atoms. The van der Waals surface area contributed by atoms with Gasteiger partial charge < -0.3 is 4.74 Å². The number of esters is 1. The molecule has 0 atom stereocenters. The first-order valence-corrected chi connectivity index (χ1v) is 6.65. The zero-order chi connectivity index (χ0) is 14.4. The molecule has 0 amide bonds. The maximum atomic E-state index is 11.7. The van der Waals surface area contributed by atoms with Crippen molar-refractivity contribution in [3.05, 3.63) is 41.5 Å². The lowest BCUT2D eigenvalue weighted by molar-refractivity contribution is 0.0592. The molecule has 0 N–H and O–H groups in total. The van der Waals surface area contributed by atoms with Crippen LogP contribution >= 0.6 is 0 Å². The van der Waals surface area contributed by atoms with Crippen molar-refractivity contribution in [1.82, 2.24) is 20.0 Å².